The van der Waals surface area contributed by atoms with Crippen molar-refractivity contribution >= 4 is 15.9 Å². The minimum atomic E-state index is -4.02. The van der Waals surface area contributed by atoms with Crippen LogP contribution in [0.2, 0.25) is 0 Å². The Morgan fingerprint density at radius 1 is 1.40 bits per heavy atom. The topological polar surface area (TPSA) is 81.1 Å². The Hall–Kier alpha value is -2.22. The molecule has 1 amide bonds. The van der Waals surface area contributed by atoms with Crippen LogP contribution >= 0.6 is 0 Å². The first-order valence-corrected chi connectivity index (χ1v) is 7.10. The number of hydrogen-bond donors (Lipinski definition) is 1. The number of nitrogens with zero attached hydrogens (tertiary/aromatic N) is 2. The molecule has 0 aliphatic heterocycles. The quantitative estimate of drug-likeness (QED) is 0.916. The first-order chi connectivity index (χ1) is 9.29. The molecule has 2 aromatic rings. The predicted octanol–water partition coefficient (Wildman–Crippen LogP) is 0.986. The van der Waals surface area contributed by atoms with Gasteiger partial charge in [-0.15, -0.1) is 0 Å². The molecule has 0 bridgehead atoms. The molecule has 0 fully saturated rings. The Kier molecular flexibility index (Phi) is 3.58. The number of sulfonamides is 1. The Morgan fingerprint density at radius 3 is 2.65 bits per heavy atom. The molecule has 0 radical (unpaired) electrons. The number of hydrogen-bond acceptors (Lipinski definition) is 4. The second-order valence-electron chi connectivity index (χ2n) is 4.25. The summed E-state index contributed by atoms with van der Waals surface area (Å²) < 4.78 is 40.3. The molecule has 20 heavy (non-hydrogen) atoms. The minimum Gasteiger partial charge on any atom is -0.274 e. The molecule has 0 aliphatic carbocycles. The van der Waals surface area contributed by atoms with Gasteiger partial charge < -0.3 is 0 Å². The fourth-order valence-corrected chi connectivity index (χ4v) is 2.47. The third-order valence-electron chi connectivity index (χ3n) is 2.65. The van der Waals surface area contributed by atoms with Crippen LogP contribution in [-0.2, 0) is 17.1 Å². The second kappa shape index (κ2) is 5.04. The molecule has 1 heterocycles. The van der Waals surface area contributed by atoms with Crippen molar-refractivity contribution in [3.05, 3.63) is 47.5 Å². The molecule has 6 nitrogen and oxygen atoms in total. The summed E-state index contributed by atoms with van der Waals surface area (Å²) >= 11 is 0. The molecule has 2 rings (SSSR count). The summed E-state index contributed by atoms with van der Waals surface area (Å²) in [5, 5.41) is 3.71. The van der Waals surface area contributed by atoms with Crippen molar-refractivity contribution in [1.82, 2.24) is 14.5 Å². The Balaban J connectivity index is 2.25. The smallest absolute Gasteiger partial charge is 0.267 e. The molecule has 0 spiro atoms. The molecule has 1 N–H and O–H groups in total. The van der Waals surface area contributed by atoms with Crippen molar-refractivity contribution in [3.8, 4) is 0 Å². The monoisotopic (exact) mass is 297 g/mol. The number of nitrogens with one attached hydrogen (secondary N) is 1. The lowest BCUT2D eigenvalue weighted by atomic mass is 10.1. The van der Waals surface area contributed by atoms with Crippen LogP contribution in [-0.4, -0.2) is 24.1 Å². The van der Waals surface area contributed by atoms with E-state index < -0.39 is 21.7 Å². The average Bonchev–Trinajstić information content (AvgIpc) is 2.79. The van der Waals surface area contributed by atoms with Gasteiger partial charge in [-0.1, -0.05) is 6.07 Å². The molecule has 1 aromatic heterocycles. The minimum absolute atomic E-state index is 0.0689. The van der Waals surface area contributed by atoms with Crippen LogP contribution in [0, 0.1) is 12.7 Å². The molecule has 1 aromatic carbocycles. The third kappa shape index (κ3) is 2.85. The average molecular weight is 297 g/mol. The SMILES string of the molecule is Cc1ccc(C(=O)NS(=O)(=O)c2cnn(C)c2)cc1F. The van der Waals surface area contributed by atoms with E-state index in [2.05, 4.69) is 5.10 Å². The Bertz CT molecular complexity index is 768. The van der Waals surface area contributed by atoms with E-state index in [1.807, 2.05) is 4.72 Å². The van der Waals surface area contributed by atoms with Gasteiger partial charge in [0.25, 0.3) is 15.9 Å². The number of aromatic nitrogens is 2. The summed E-state index contributed by atoms with van der Waals surface area (Å²) in [5.41, 5.74) is 0.303. The summed E-state index contributed by atoms with van der Waals surface area (Å²) in [5.74, 6) is -1.47. The number of carbonyl (C=O) groups excluding carboxylic acids is 1. The van der Waals surface area contributed by atoms with Gasteiger partial charge >= 0.3 is 0 Å². The van der Waals surface area contributed by atoms with Crippen molar-refractivity contribution < 1.29 is 17.6 Å². The van der Waals surface area contributed by atoms with Crippen molar-refractivity contribution in [2.75, 3.05) is 0 Å². The van der Waals surface area contributed by atoms with Gasteiger partial charge in [0.2, 0.25) is 0 Å². The number of amides is 1. The first-order valence-electron chi connectivity index (χ1n) is 5.61. The first kappa shape index (κ1) is 14.2. The van der Waals surface area contributed by atoms with Gasteiger partial charge in [0, 0.05) is 18.8 Å². The highest BCUT2D eigenvalue weighted by molar-refractivity contribution is 7.90. The van der Waals surface area contributed by atoms with Gasteiger partial charge in [-0.05, 0) is 24.6 Å². The normalized spacial score (nSPS) is 11.3. The zero-order valence-electron chi connectivity index (χ0n) is 10.8. The van der Waals surface area contributed by atoms with E-state index in [9.17, 15) is 17.6 Å². The zero-order valence-corrected chi connectivity index (χ0v) is 11.6. The standard InChI is InChI=1S/C12H12FN3O3S/c1-8-3-4-9(5-11(8)13)12(17)15-20(18,19)10-6-14-16(2)7-10/h3-7H,1-2H3,(H,15,17). The van der Waals surface area contributed by atoms with Gasteiger partial charge in [0.1, 0.15) is 10.7 Å². The van der Waals surface area contributed by atoms with Gasteiger partial charge in [-0.25, -0.2) is 17.5 Å². The van der Waals surface area contributed by atoms with E-state index in [1.165, 1.54) is 23.0 Å². The molecule has 0 atom stereocenters. The highest BCUT2D eigenvalue weighted by Gasteiger charge is 2.20. The highest BCUT2D eigenvalue weighted by Crippen LogP contribution is 2.11. The van der Waals surface area contributed by atoms with Gasteiger partial charge in [-0.2, -0.15) is 5.10 Å². The van der Waals surface area contributed by atoms with Crippen LogP contribution in [0.3, 0.4) is 0 Å². The van der Waals surface area contributed by atoms with Crippen LogP contribution in [0.15, 0.2) is 35.5 Å². The maximum atomic E-state index is 13.4. The molecule has 0 saturated heterocycles. The Labute approximate surface area is 115 Å². The van der Waals surface area contributed by atoms with Gasteiger partial charge in [-0.3, -0.25) is 9.48 Å². The summed E-state index contributed by atoms with van der Waals surface area (Å²) in [7, 11) is -2.46. The van der Waals surface area contributed by atoms with E-state index >= 15 is 0 Å². The molecular weight excluding hydrogens is 285 g/mol. The van der Waals surface area contributed by atoms with E-state index in [0.29, 0.717) is 5.56 Å². The predicted molar refractivity (Wildman–Crippen MR) is 69.0 cm³/mol. The van der Waals surface area contributed by atoms with Gasteiger partial charge in [0.05, 0.1) is 6.20 Å². The van der Waals surface area contributed by atoms with Gasteiger partial charge in [0.15, 0.2) is 0 Å². The van der Waals surface area contributed by atoms with Crippen molar-refractivity contribution in [2.45, 2.75) is 11.8 Å². The lowest BCUT2D eigenvalue weighted by Crippen LogP contribution is -2.30. The number of halogens is 1. The fraction of sp³-hybridized carbons (Fsp3) is 0.167. The summed E-state index contributed by atoms with van der Waals surface area (Å²) in [6.45, 7) is 1.55. The second-order valence-corrected chi connectivity index (χ2v) is 5.93. The van der Waals surface area contributed by atoms with Crippen LogP contribution in [0.5, 0.6) is 0 Å². The Morgan fingerprint density at radius 2 is 2.10 bits per heavy atom. The zero-order chi connectivity index (χ0) is 14.9. The van der Waals surface area contributed by atoms with Crippen molar-refractivity contribution in [2.24, 2.45) is 7.05 Å². The van der Waals surface area contributed by atoms with Crippen LogP contribution in [0.1, 0.15) is 15.9 Å². The van der Waals surface area contributed by atoms with E-state index in [4.69, 9.17) is 0 Å². The molecule has 8 heteroatoms. The van der Waals surface area contributed by atoms with Crippen molar-refractivity contribution in [1.29, 1.82) is 0 Å². The summed E-state index contributed by atoms with van der Waals surface area (Å²) in [4.78, 5) is 11.7. The molecular formula is C12H12FN3O3S. The summed E-state index contributed by atoms with van der Waals surface area (Å²) in [6, 6.07) is 3.75. The van der Waals surface area contributed by atoms with E-state index in [-0.39, 0.29) is 10.5 Å². The maximum Gasteiger partial charge on any atom is 0.267 e. The van der Waals surface area contributed by atoms with Crippen LogP contribution in [0.25, 0.3) is 0 Å². The number of benzene rings is 1. The molecule has 0 saturated carbocycles. The lowest BCUT2D eigenvalue weighted by Gasteiger charge is -2.05. The highest BCUT2D eigenvalue weighted by atomic mass is 32.2. The molecule has 0 aliphatic rings. The number of rotatable bonds is 3. The fourth-order valence-electron chi connectivity index (χ4n) is 1.51. The molecule has 0 unspecified atom stereocenters. The van der Waals surface area contributed by atoms with Crippen molar-refractivity contribution in [3.63, 3.8) is 0 Å². The largest absolute Gasteiger partial charge is 0.274 e. The third-order valence-corrected chi connectivity index (χ3v) is 3.94. The summed E-state index contributed by atoms with van der Waals surface area (Å²) in [6.07, 6.45) is 2.37. The maximum absolute atomic E-state index is 13.4. The molecule has 106 valence electrons. The van der Waals surface area contributed by atoms with E-state index in [0.717, 1.165) is 12.3 Å². The van der Waals surface area contributed by atoms with Crippen LogP contribution < -0.4 is 4.72 Å². The van der Waals surface area contributed by atoms with Crippen LogP contribution in [0.4, 0.5) is 4.39 Å². The number of aryl methyl sites for hydroxylation is 2. The number of carbonyl (C=O) groups is 1. The van der Waals surface area contributed by atoms with E-state index in [1.54, 1.807) is 14.0 Å². The lowest BCUT2D eigenvalue weighted by molar-refractivity contribution is 0.0981.